The van der Waals surface area contributed by atoms with Crippen LogP contribution in [0.2, 0.25) is 5.28 Å². The quantitative estimate of drug-likeness (QED) is 0.654. The van der Waals surface area contributed by atoms with Crippen LogP contribution in [0, 0.1) is 13.8 Å². The van der Waals surface area contributed by atoms with Gasteiger partial charge in [0, 0.05) is 18.4 Å². The van der Waals surface area contributed by atoms with Gasteiger partial charge in [-0.25, -0.2) is 4.98 Å². The minimum absolute atomic E-state index is 0.514. The largest absolute Gasteiger partial charge is 0.316 e. The molecule has 0 spiro atoms. The zero-order valence-corrected chi connectivity index (χ0v) is 11.4. The van der Waals surface area contributed by atoms with Crippen molar-refractivity contribution in [3.05, 3.63) is 47.0 Å². The van der Waals surface area contributed by atoms with Crippen LogP contribution < -0.4 is 0 Å². The monoisotopic (exact) mass is 259 g/mol. The zero-order valence-electron chi connectivity index (χ0n) is 10.6. The first-order valence-corrected chi connectivity index (χ1v) is 6.23. The van der Waals surface area contributed by atoms with Gasteiger partial charge in [-0.1, -0.05) is 6.07 Å². The molecule has 0 N–H and O–H groups in total. The molecule has 3 aromatic rings. The predicted octanol–water partition coefficient (Wildman–Crippen LogP) is 3.63. The van der Waals surface area contributed by atoms with Crippen molar-refractivity contribution >= 4 is 22.6 Å². The molecular formula is C14H14ClN3. The summed E-state index contributed by atoms with van der Waals surface area (Å²) in [6, 6.07) is 10.3. The molecule has 0 amide bonds. The summed E-state index contributed by atoms with van der Waals surface area (Å²) in [5, 5.41) is 0.514. The molecule has 0 bridgehead atoms. The predicted molar refractivity (Wildman–Crippen MR) is 74.5 cm³/mol. The molecule has 0 radical (unpaired) electrons. The number of nitrogens with zero attached hydrogens (tertiary/aromatic N) is 3. The van der Waals surface area contributed by atoms with Crippen molar-refractivity contribution in [3.8, 4) is 5.69 Å². The summed E-state index contributed by atoms with van der Waals surface area (Å²) in [4.78, 5) is 4.36. The van der Waals surface area contributed by atoms with E-state index in [1.165, 1.54) is 11.4 Å². The summed E-state index contributed by atoms with van der Waals surface area (Å²) in [6.45, 7) is 4.20. The summed E-state index contributed by atoms with van der Waals surface area (Å²) < 4.78 is 4.14. The Morgan fingerprint density at radius 2 is 1.72 bits per heavy atom. The second-order valence-corrected chi connectivity index (χ2v) is 4.87. The van der Waals surface area contributed by atoms with Gasteiger partial charge >= 0.3 is 0 Å². The number of hydrogen-bond acceptors (Lipinski definition) is 1. The maximum Gasteiger partial charge on any atom is 0.203 e. The van der Waals surface area contributed by atoms with E-state index >= 15 is 0 Å². The van der Waals surface area contributed by atoms with Crippen LogP contribution in [-0.4, -0.2) is 14.1 Å². The molecule has 0 aliphatic carbocycles. The lowest BCUT2D eigenvalue weighted by Crippen LogP contribution is -2.01. The van der Waals surface area contributed by atoms with Crippen LogP contribution in [-0.2, 0) is 7.05 Å². The maximum atomic E-state index is 6.11. The fourth-order valence-corrected chi connectivity index (χ4v) is 2.62. The van der Waals surface area contributed by atoms with Crippen LogP contribution in [0.5, 0.6) is 0 Å². The Balaban J connectivity index is 2.43. The van der Waals surface area contributed by atoms with Crippen molar-refractivity contribution in [2.24, 2.45) is 7.05 Å². The second-order valence-electron chi connectivity index (χ2n) is 4.54. The first kappa shape index (κ1) is 11.4. The molecule has 2 aromatic heterocycles. The Bertz CT molecular complexity index is 717. The molecule has 0 fully saturated rings. The van der Waals surface area contributed by atoms with E-state index in [0.29, 0.717) is 5.28 Å². The fourth-order valence-electron chi connectivity index (χ4n) is 2.45. The van der Waals surface area contributed by atoms with E-state index in [1.807, 2.05) is 23.7 Å². The number of halogens is 1. The lowest BCUT2D eigenvalue weighted by atomic mass is 10.2. The van der Waals surface area contributed by atoms with Gasteiger partial charge in [-0.15, -0.1) is 0 Å². The summed E-state index contributed by atoms with van der Waals surface area (Å²) in [5.41, 5.74) is 5.52. The maximum absolute atomic E-state index is 6.11. The summed E-state index contributed by atoms with van der Waals surface area (Å²) >= 11 is 6.11. The third-order valence-corrected chi connectivity index (χ3v) is 3.67. The smallest absolute Gasteiger partial charge is 0.203 e. The molecule has 4 heteroatoms. The van der Waals surface area contributed by atoms with Crippen LogP contribution in [0.15, 0.2) is 30.3 Å². The van der Waals surface area contributed by atoms with Gasteiger partial charge in [0.15, 0.2) is 0 Å². The number of fused-ring (bicyclic) bond motifs is 1. The van der Waals surface area contributed by atoms with Crippen molar-refractivity contribution in [2.45, 2.75) is 13.8 Å². The van der Waals surface area contributed by atoms with Crippen molar-refractivity contribution in [3.63, 3.8) is 0 Å². The Kier molecular flexibility index (Phi) is 2.45. The molecule has 0 saturated heterocycles. The summed E-state index contributed by atoms with van der Waals surface area (Å²) in [7, 11) is 1.94. The molecule has 3 nitrogen and oxygen atoms in total. The number of aryl methyl sites for hydroxylation is 3. The van der Waals surface area contributed by atoms with Crippen LogP contribution in [0.3, 0.4) is 0 Å². The normalized spacial score (nSPS) is 11.3. The van der Waals surface area contributed by atoms with Gasteiger partial charge in [-0.05, 0) is 49.7 Å². The minimum Gasteiger partial charge on any atom is -0.316 e. The number of hydrogen-bond donors (Lipinski definition) is 0. The molecule has 0 aliphatic heterocycles. The van der Waals surface area contributed by atoms with Gasteiger partial charge in [0.2, 0.25) is 5.28 Å². The zero-order chi connectivity index (χ0) is 12.9. The van der Waals surface area contributed by atoms with Crippen molar-refractivity contribution < 1.29 is 0 Å². The lowest BCUT2D eigenvalue weighted by molar-refractivity contribution is 0.920. The van der Waals surface area contributed by atoms with Crippen molar-refractivity contribution in [1.29, 1.82) is 0 Å². The molecule has 18 heavy (non-hydrogen) atoms. The standard InChI is InChI=1S/C14H14ClN3/c1-9-7-8-10(2)18(9)12-6-4-5-11-13(12)17(3)14(15)16-11/h4-8H,1-3H3. The van der Waals surface area contributed by atoms with Gasteiger partial charge in [-0.3, -0.25) is 0 Å². The number of benzene rings is 1. The molecule has 0 unspecified atom stereocenters. The number of aromatic nitrogens is 3. The third-order valence-electron chi connectivity index (χ3n) is 3.33. The van der Waals surface area contributed by atoms with E-state index in [-0.39, 0.29) is 0 Å². The molecule has 1 aromatic carbocycles. The van der Waals surface area contributed by atoms with Crippen molar-refractivity contribution in [2.75, 3.05) is 0 Å². The highest BCUT2D eigenvalue weighted by Crippen LogP contribution is 2.27. The van der Waals surface area contributed by atoms with Gasteiger partial charge in [0.1, 0.15) is 0 Å². The van der Waals surface area contributed by atoms with Crippen LogP contribution >= 0.6 is 11.6 Å². The SMILES string of the molecule is Cc1ccc(C)n1-c1cccc2nc(Cl)n(C)c12. The molecular weight excluding hydrogens is 246 g/mol. The molecule has 0 aliphatic rings. The highest BCUT2D eigenvalue weighted by Gasteiger charge is 2.13. The lowest BCUT2D eigenvalue weighted by Gasteiger charge is -2.11. The molecule has 0 saturated carbocycles. The third kappa shape index (κ3) is 1.47. The summed E-state index contributed by atoms with van der Waals surface area (Å²) in [5.74, 6) is 0. The van der Waals surface area contributed by atoms with Crippen LogP contribution in [0.4, 0.5) is 0 Å². The van der Waals surface area contributed by atoms with E-state index in [1.54, 1.807) is 0 Å². The van der Waals surface area contributed by atoms with Gasteiger partial charge in [-0.2, -0.15) is 0 Å². The number of rotatable bonds is 1. The minimum atomic E-state index is 0.514. The first-order chi connectivity index (χ1) is 8.59. The number of imidazole rings is 1. The van der Waals surface area contributed by atoms with E-state index in [2.05, 4.69) is 41.6 Å². The van der Waals surface area contributed by atoms with Gasteiger partial charge < -0.3 is 9.13 Å². The first-order valence-electron chi connectivity index (χ1n) is 5.86. The fraction of sp³-hybridized carbons (Fsp3) is 0.214. The average molecular weight is 260 g/mol. The second kappa shape index (κ2) is 3.89. The Labute approximate surface area is 111 Å². The van der Waals surface area contributed by atoms with E-state index in [0.717, 1.165) is 16.7 Å². The van der Waals surface area contributed by atoms with E-state index in [9.17, 15) is 0 Å². The molecule has 2 heterocycles. The van der Waals surface area contributed by atoms with E-state index in [4.69, 9.17) is 11.6 Å². The van der Waals surface area contributed by atoms with Crippen LogP contribution in [0.1, 0.15) is 11.4 Å². The molecule has 3 rings (SSSR count). The van der Waals surface area contributed by atoms with Gasteiger partial charge in [0.25, 0.3) is 0 Å². The number of para-hydroxylation sites is 1. The highest BCUT2D eigenvalue weighted by atomic mass is 35.5. The van der Waals surface area contributed by atoms with Crippen LogP contribution in [0.25, 0.3) is 16.7 Å². The van der Waals surface area contributed by atoms with Gasteiger partial charge in [0.05, 0.1) is 16.7 Å². The molecule has 92 valence electrons. The highest BCUT2D eigenvalue weighted by molar-refractivity contribution is 6.29. The Hall–Kier alpha value is -1.74. The van der Waals surface area contributed by atoms with E-state index < -0.39 is 0 Å². The van der Waals surface area contributed by atoms with Crippen molar-refractivity contribution in [1.82, 2.24) is 14.1 Å². The summed E-state index contributed by atoms with van der Waals surface area (Å²) in [6.07, 6.45) is 0. The molecule has 0 atom stereocenters. The Morgan fingerprint density at radius 3 is 2.39 bits per heavy atom. The Morgan fingerprint density at radius 1 is 1.06 bits per heavy atom. The average Bonchev–Trinajstić information content (AvgIpc) is 2.81. The topological polar surface area (TPSA) is 22.8 Å².